The highest BCUT2D eigenvalue weighted by Crippen LogP contribution is 2.53. The highest BCUT2D eigenvalue weighted by Gasteiger charge is 2.63. The Hall–Kier alpha value is -4.29. The Kier molecular flexibility index (Phi) is 5.69. The van der Waals surface area contributed by atoms with Gasteiger partial charge >= 0.3 is 6.18 Å². The predicted molar refractivity (Wildman–Crippen MR) is 120 cm³/mol. The summed E-state index contributed by atoms with van der Waals surface area (Å²) in [4.78, 5) is 20.7. The van der Waals surface area contributed by atoms with Crippen LogP contribution in [0.2, 0.25) is 0 Å². The molecule has 0 aliphatic heterocycles. The van der Waals surface area contributed by atoms with Crippen molar-refractivity contribution in [2.45, 2.75) is 32.0 Å². The van der Waals surface area contributed by atoms with Crippen LogP contribution in [0.25, 0.3) is 22.9 Å². The zero-order chi connectivity index (χ0) is 25.5. The number of alkyl halides is 3. The lowest BCUT2D eigenvalue weighted by atomic mass is 9.67. The highest BCUT2D eigenvalue weighted by atomic mass is 19.4. The van der Waals surface area contributed by atoms with Crippen LogP contribution in [0, 0.1) is 11.2 Å². The maximum Gasteiger partial charge on any atom is 0.403 e. The zero-order valence-electron chi connectivity index (χ0n) is 18.6. The minimum Gasteiger partial charge on any atom is -0.382 e. The largest absolute Gasteiger partial charge is 0.403 e. The van der Waals surface area contributed by atoms with Gasteiger partial charge in [-0.05, 0) is 25.0 Å². The average Bonchev–Trinajstić information content (AvgIpc) is 3.45. The molecule has 4 aromatic rings. The van der Waals surface area contributed by atoms with E-state index in [1.54, 1.807) is 30.3 Å². The van der Waals surface area contributed by atoms with E-state index in [1.807, 2.05) is 0 Å². The van der Waals surface area contributed by atoms with Gasteiger partial charge < -0.3 is 15.6 Å². The Morgan fingerprint density at radius 3 is 2.58 bits per heavy atom. The number of carbonyl (C=O) groups excluding carboxylic acids is 1. The second-order valence-electron chi connectivity index (χ2n) is 8.43. The summed E-state index contributed by atoms with van der Waals surface area (Å²) in [6, 6.07) is 9.42. The van der Waals surface area contributed by atoms with E-state index in [2.05, 4.69) is 25.5 Å². The number of hydrogen-bond donors (Lipinski definition) is 2. The summed E-state index contributed by atoms with van der Waals surface area (Å²) in [5.41, 5.74) is 4.92. The molecule has 9 nitrogen and oxygen atoms in total. The number of aromatic nitrogens is 5. The summed E-state index contributed by atoms with van der Waals surface area (Å²) in [6.45, 7) is 0.0675. The number of hydrogen-bond acceptors (Lipinski definition) is 7. The number of halogens is 4. The fraction of sp³-hybridized carbons (Fsp3) is 0.261. The van der Waals surface area contributed by atoms with Gasteiger partial charge in [-0.3, -0.25) is 9.48 Å². The summed E-state index contributed by atoms with van der Waals surface area (Å²) < 4.78 is 61.0. The number of amides is 1. The number of nitrogen functional groups attached to an aromatic ring is 1. The number of nitrogens with zero attached hydrogens (tertiary/aromatic N) is 5. The third-order valence-corrected chi connectivity index (χ3v) is 6.24. The van der Waals surface area contributed by atoms with Gasteiger partial charge in [0.1, 0.15) is 34.6 Å². The van der Waals surface area contributed by atoms with Crippen molar-refractivity contribution in [2.24, 2.45) is 5.41 Å². The monoisotopic (exact) mass is 501 g/mol. The molecule has 5 rings (SSSR count). The molecule has 3 heterocycles. The standard InChI is InChI=1S/C23H19F4N7O2/c24-14-5-2-1-4-13(14)12-34-18(15-6-9-36-33-15)10-16(32-34)20-29-11-17(19(28)31-20)30-21(35)22(7-3-8-22)23(25,26)27/h1-2,4-6,9-11H,3,7-8,12H2,(H,30,35)(H2,28,29,31). The minimum absolute atomic E-state index is 0.0525. The molecular weight excluding hydrogens is 482 g/mol. The van der Waals surface area contributed by atoms with Crippen LogP contribution in [0.3, 0.4) is 0 Å². The summed E-state index contributed by atoms with van der Waals surface area (Å²) in [7, 11) is 0. The van der Waals surface area contributed by atoms with Crippen molar-refractivity contribution in [3.63, 3.8) is 0 Å². The molecule has 1 aliphatic rings. The van der Waals surface area contributed by atoms with Crippen molar-refractivity contribution in [3.05, 3.63) is 60.2 Å². The first-order valence-corrected chi connectivity index (χ1v) is 10.9. The van der Waals surface area contributed by atoms with Crippen molar-refractivity contribution in [3.8, 4) is 22.9 Å². The smallest absolute Gasteiger partial charge is 0.382 e. The van der Waals surface area contributed by atoms with E-state index in [0.717, 1.165) is 6.20 Å². The fourth-order valence-corrected chi connectivity index (χ4v) is 4.01. The van der Waals surface area contributed by atoms with Crippen molar-refractivity contribution < 1.29 is 26.9 Å². The van der Waals surface area contributed by atoms with E-state index in [-0.39, 0.29) is 42.4 Å². The topological polar surface area (TPSA) is 125 Å². The van der Waals surface area contributed by atoms with Crippen molar-refractivity contribution in [1.82, 2.24) is 24.9 Å². The van der Waals surface area contributed by atoms with Crippen molar-refractivity contribution in [1.29, 1.82) is 0 Å². The third-order valence-electron chi connectivity index (χ3n) is 6.24. The second kappa shape index (κ2) is 8.73. The first-order valence-electron chi connectivity index (χ1n) is 10.9. The molecule has 0 spiro atoms. The van der Waals surface area contributed by atoms with E-state index in [1.165, 1.54) is 17.0 Å². The molecule has 13 heteroatoms. The second-order valence-corrected chi connectivity index (χ2v) is 8.43. The van der Waals surface area contributed by atoms with Crippen LogP contribution in [0.5, 0.6) is 0 Å². The van der Waals surface area contributed by atoms with Gasteiger partial charge in [-0.1, -0.05) is 29.8 Å². The number of nitrogens with two attached hydrogens (primary N) is 1. The molecule has 0 bridgehead atoms. The summed E-state index contributed by atoms with van der Waals surface area (Å²) in [5, 5.41) is 10.6. The van der Waals surface area contributed by atoms with Crippen LogP contribution in [0.4, 0.5) is 29.1 Å². The van der Waals surface area contributed by atoms with E-state index >= 15 is 0 Å². The zero-order valence-corrected chi connectivity index (χ0v) is 18.6. The SMILES string of the molecule is Nc1nc(-c2cc(-c3ccon3)n(Cc3ccccc3F)n2)ncc1NC(=O)C1(C(F)(F)F)CCC1. The lowest BCUT2D eigenvalue weighted by Crippen LogP contribution is -2.52. The van der Waals surface area contributed by atoms with Gasteiger partial charge in [0.25, 0.3) is 0 Å². The normalized spacial score (nSPS) is 14.9. The molecule has 0 unspecified atom stereocenters. The summed E-state index contributed by atoms with van der Waals surface area (Å²) in [5.74, 6) is -1.77. The van der Waals surface area contributed by atoms with Crippen molar-refractivity contribution in [2.75, 3.05) is 11.1 Å². The molecule has 3 aromatic heterocycles. The first-order chi connectivity index (χ1) is 17.2. The Morgan fingerprint density at radius 1 is 1.19 bits per heavy atom. The Labute approximate surface area is 201 Å². The Morgan fingerprint density at radius 2 is 1.97 bits per heavy atom. The number of benzene rings is 1. The van der Waals surface area contributed by atoms with E-state index < -0.39 is 23.3 Å². The Balaban J connectivity index is 1.44. The number of nitrogens with one attached hydrogen (secondary N) is 1. The van der Waals surface area contributed by atoms with Crippen LogP contribution in [-0.2, 0) is 11.3 Å². The van der Waals surface area contributed by atoms with Gasteiger partial charge in [0.2, 0.25) is 5.91 Å². The van der Waals surface area contributed by atoms with Crippen LogP contribution >= 0.6 is 0 Å². The van der Waals surface area contributed by atoms with Crippen LogP contribution in [0.1, 0.15) is 24.8 Å². The maximum absolute atomic E-state index is 14.2. The van der Waals surface area contributed by atoms with Gasteiger partial charge in [-0.25, -0.2) is 14.4 Å². The molecule has 3 N–H and O–H groups in total. The molecule has 36 heavy (non-hydrogen) atoms. The molecule has 0 atom stereocenters. The van der Waals surface area contributed by atoms with E-state index in [0.29, 0.717) is 23.4 Å². The van der Waals surface area contributed by atoms with Crippen LogP contribution in [-0.4, -0.2) is 37.0 Å². The van der Waals surface area contributed by atoms with Crippen LogP contribution in [0.15, 0.2) is 53.4 Å². The van der Waals surface area contributed by atoms with E-state index in [9.17, 15) is 22.4 Å². The van der Waals surface area contributed by atoms with Crippen molar-refractivity contribution >= 4 is 17.4 Å². The molecule has 186 valence electrons. The highest BCUT2D eigenvalue weighted by molar-refractivity contribution is 5.98. The lowest BCUT2D eigenvalue weighted by Gasteiger charge is -2.41. The molecule has 1 saturated carbocycles. The lowest BCUT2D eigenvalue weighted by molar-refractivity contribution is -0.240. The molecule has 1 fully saturated rings. The predicted octanol–water partition coefficient (Wildman–Crippen LogP) is 4.44. The average molecular weight is 501 g/mol. The Bertz CT molecular complexity index is 1410. The molecular formula is C23H19F4N7O2. The van der Waals surface area contributed by atoms with Gasteiger partial charge in [0.05, 0.1) is 18.4 Å². The summed E-state index contributed by atoms with van der Waals surface area (Å²) in [6.07, 6.45) is -2.44. The molecule has 1 aromatic carbocycles. The van der Waals surface area contributed by atoms with Crippen LogP contribution < -0.4 is 11.1 Å². The number of carbonyl (C=O) groups is 1. The van der Waals surface area contributed by atoms with Gasteiger partial charge in [-0.15, -0.1) is 0 Å². The maximum atomic E-state index is 14.2. The first kappa shape index (κ1) is 23.5. The molecule has 0 radical (unpaired) electrons. The molecule has 1 amide bonds. The third kappa shape index (κ3) is 4.06. The quantitative estimate of drug-likeness (QED) is 0.374. The van der Waals surface area contributed by atoms with E-state index in [4.69, 9.17) is 10.3 Å². The molecule has 0 saturated heterocycles. The summed E-state index contributed by atoms with van der Waals surface area (Å²) >= 11 is 0. The van der Waals surface area contributed by atoms with Gasteiger partial charge in [0, 0.05) is 11.6 Å². The number of anilines is 2. The number of rotatable bonds is 6. The van der Waals surface area contributed by atoms with Gasteiger partial charge in [0.15, 0.2) is 11.6 Å². The van der Waals surface area contributed by atoms with Gasteiger partial charge in [-0.2, -0.15) is 18.3 Å². The minimum atomic E-state index is -4.67. The fourth-order valence-electron chi connectivity index (χ4n) is 4.01. The molecule has 1 aliphatic carbocycles.